The van der Waals surface area contributed by atoms with Crippen molar-refractivity contribution in [2.45, 2.75) is 6.18 Å². The third-order valence-electron chi connectivity index (χ3n) is 3.74. The summed E-state index contributed by atoms with van der Waals surface area (Å²) in [6.45, 7) is 3.58. The molecule has 3 rings (SSSR count). The molecule has 0 amide bonds. The number of allylic oxidation sites excluding steroid dienone is 1. The number of nitrogens with zero attached hydrogens (tertiary/aromatic N) is 4. The number of hydrogen-bond donors (Lipinski definition) is 0. The van der Waals surface area contributed by atoms with Crippen molar-refractivity contribution in [3.8, 4) is 11.8 Å². The second kappa shape index (κ2) is 5.96. The van der Waals surface area contributed by atoms with Crippen LogP contribution in [0.3, 0.4) is 0 Å². The molecule has 0 spiro atoms. The van der Waals surface area contributed by atoms with Crippen LogP contribution in [0.2, 0.25) is 0 Å². The first-order valence-corrected chi connectivity index (χ1v) is 7.82. The minimum absolute atomic E-state index is 0.0732. The highest BCUT2D eigenvalue weighted by Gasteiger charge is 2.35. The Kier molecular flexibility index (Phi) is 4.04. The lowest BCUT2D eigenvalue weighted by Gasteiger charge is -2.14. The summed E-state index contributed by atoms with van der Waals surface area (Å²) < 4.78 is 44.6. The highest BCUT2D eigenvalue weighted by molar-refractivity contribution is 7.13. The van der Waals surface area contributed by atoms with Gasteiger partial charge in [0.1, 0.15) is 17.5 Å². The fourth-order valence-corrected chi connectivity index (χ4v) is 3.25. The standard InChI is InChI=1S/C16H9F3N4O2S/c1-8(7-20)14-10-5-9(3-4-11(10)26-21-14)23-13(24)6-12(16(17,18)19)22(2)15(23)25/h3-6H,1H2,2H3. The van der Waals surface area contributed by atoms with Crippen LogP contribution < -0.4 is 11.2 Å². The monoisotopic (exact) mass is 378 g/mol. The van der Waals surface area contributed by atoms with Crippen molar-refractivity contribution in [3.05, 3.63) is 63.1 Å². The molecule has 0 unspecified atom stereocenters. The molecule has 0 atom stereocenters. The Labute approximate surface area is 147 Å². The molecule has 0 saturated carbocycles. The molecule has 132 valence electrons. The number of fused-ring (bicyclic) bond motifs is 1. The summed E-state index contributed by atoms with van der Waals surface area (Å²) in [7, 11) is 0.939. The van der Waals surface area contributed by atoms with Crippen molar-refractivity contribution in [2.24, 2.45) is 7.05 Å². The number of aromatic nitrogens is 3. The third kappa shape index (κ3) is 2.72. The van der Waals surface area contributed by atoms with Crippen molar-refractivity contribution in [1.29, 1.82) is 5.26 Å². The zero-order chi connectivity index (χ0) is 19.2. The summed E-state index contributed by atoms with van der Waals surface area (Å²) in [4.78, 5) is 24.5. The van der Waals surface area contributed by atoms with E-state index in [2.05, 4.69) is 11.0 Å². The largest absolute Gasteiger partial charge is 0.431 e. The molecule has 0 bridgehead atoms. The van der Waals surface area contributed by atoms with E-state index in [-0.39, 0.29) is 11.3 Å². The molecule has 2 heterocycles. The predicted octanol–water partition coefficient (Wildman–Crippen LogP) is 2.70. The summed E-state index contributed by atoms with van der Waals surface area (Å²) in [6, 6.07) is 6.65. The molecule has 0 radical (unpaired) electrons. The van der Waals surface area contributed by atoms with E-state index in [4.69, 9.17) is 5.26 Å². The Morgan fingerprint density at radius 2 is 2.00 bits per heavy atom. The fraction of sp³-hybridized carbons (Fsp3) is 0.125. The van der Waals surface area contributed by atoms with Crippen LogP contribution in [0.25, 0.3) is 21.3 Å². The van der Waals surface area contributed by atoms with Gasteiger partial charge in [-0.2, -0.15) is 22.8 Å². The molecule has 2 aromatic heterocycles. The normalized spacial score (nSPS) is 11.5. The predicted molar refractivity (Wildman–Crippen MR) is 90.1 cm³/mol. The first-order chi connectivity index (χ1) is 12.1. The summed E-state index contributed by atoms with van der Waals surface area (Å²) >= 11 is 1.10. The van der Waals surface area contributed by atoms with Crippen LogP contribution in [0.5, 0.6) is 0 Å². The molecule has 1 aromatic carbocycles. The van der Waals surface area contributed by atoms with E-state index in [0.29, 0.717) is 31.0 Å². The van der Waals surface area contributed by atoms with Gasteiger partial charge in [-0.1, -0.05) is 6.58 Å². The smallest absolute Gasteiger partial charge is 0.292 e. The number of alkyl halides is 3. The van der Waals surface area contributed by atoms with Crippen molar-refractivity contribution in [1.82, 2.24) is 13.5 Å². The van der Waals surface area contributed by atoms with Crippen molar-refractivity contribution < 1.29 is 13.2 Å². The van der Waals surface area contributed by atoms with Crippen LogP contribution in [0.1, 0.15) is 11.4 Å². The first-order valence-electron chi connectivity index (χ1n) is 7.04. The topological polar surface area (TPSA) is 80.7 Å². The van der Waals surface area contributed by atoms with Crippen LogP contribution in [0.15, 0.2) is 40.4 Å². The van der Waals surface area contributed by atoms with Crippen LogP contribution in [-0.4, -0.2) is 13.5 Å². The molecule has 26 heavy (non-hydrogen) atoms. The van der Waals surface area contributed by atoms with Gasteiger partial charge in [-0.15, -0.1) is 0 Å². The SMILES string of the molecule is C=C(C#N)c1nsc2ccc(-n3c(=O)cc(C(F)(F)F)n(C)c3=O)cc12. The van der Waals surface area contributed by atoms with Crippen LogP contribution in [0, 0.1) is 11.3 Å². The molecular formula is C16H9F3N4O2S. The second-order valence-electron chi connectivity index (χ2n) is 5.34. The lowest BCUT2D eigenvalue weighted by molar-refractivity contribution is -0.144. The van der Waals surface area contributed by atoms with Crippen molar-refractivity contribution in [2.75, 3.05) is 0 Å². The molecule has 0 fully saturated rings. The molecule has 0 saturated heterocycles. The second-order valence-corrected chi connectivity index (χ2v) is 6.15. The van der Waals surface area contributed by atoms with Gasteiger partial charge in [0, 0.05) is 18.5 Å². The molecule has 6 nitrogen and oxygen atoms in total. The fourth-order valence-electron chi connectivity index (χ4n) is 2.47. The summed E-state index contributed by atoms with van der Waals surface area (Å²) in [5.74, 6) is 0. The van der Waals surface area contributed by atoms with E-state index < -0.39 is 23.1 Å². The molecule has 10 heteroatoms. The van der Waals surface area contributed by atoms with Gasteiger partial charge in [-0.3, -0.25) is 9.36 Å². The average molecular weight is 378 g/mol. The summed E-state index contributed by atoms with van der Waals surface area (Å²) in [5, 5.41) is 9.46. The van der Waals surface area contributed by atoms with Gasteiger partial charge in [0.2, 0.25) is 0 Å². The van der Waals surface area contributed by atoms with Gasteiger partial charge in [0.25, 0.3) is 5.56 Å². The Hall–Kier alpha value is -3.19. The van der Waals surface area contributed by atoms with Gasteiger partial charge in [-0.05, 0) is 29.7 Å². The summed E-state index contributed by atoms with van der Waals surface area (Å²) in [5.41, 5.74) is -3.10. The summed E-state index contributed by atoms with van der Waals surface area (Å²) in [6.07, 6.45) is -4.83. The zero-order valence-corrected chi connectivity index (χ0v) is 14.0. The minimum Gasteiger partial charge on any atom is -0.292 e. The molecule has 0 aliphatic heterocycles. The van der Waals surface area contributed by atoms with E-state index in [1.807, 2.05) is 6.07 Å². The average Bonchev–Trinajstić information content (AvgIpc) is 3.00. The number of halogens is 3. The van der Waals surface area contributed by atoms with Crippen LogP contribution >= 0.6 is 11.5 Å². The van der Waals surface area contributed by atoms with Crippen LogP contribution in [-0.2, 0) is 13.2 Å². The van der Waals surface area contributed by atoms with E-state index in [1.54, 1.807) is 6.07 Å². The Morgan fingerprint density at radius 3 is 2.62 bits per heavy atom. The number of hydrogen-bond acceptors (Lipinski definition) is 5. The lowest BCUT2D eigenvalue weighted by atomic mass is 10.1. The van der Waals surface area contributed by atoms with E-state index in [9.17, 15) is 22.8 Å². The Bertz CT molecular complexity index is 1210. The maximum absolute atomic E-state index is 12.9. The lowest BCUT2D eigenvalue weighted by Crippen LogP contribution is -2.40. The van der Waals surface area contributed by atoms with Gasteiger partial charge < -0.3 is 0 Å². The molecule has 0 N–H and O–H groups in total. The highest BCUT2D eigenvalue weighted by atomic mass is 32.1. The Morgan fingerprint density at radius 1 is 1.31 bits per heavy atom. The maximum atomic E-state index is 12.9. The molecule has 3 aromatic rings. The zero-order valence-electron chi connectivity index (χ0n) is 13.2. The molecular weight excluding hydrogens is 369 g/mol. The number of rotatable bonds is 2. The van der Waals surface area contributed by atoms with Gasteiger partial charge in [0.05, 0.1) is 16.0 Å². The third-order valence-corrected chi connectivity index (χ3v) is 4.57. The van der Waals surface area contributed by atoms with E-state index in [1.165, 1.54) is 12.1 Å². The first kappa shape index (κ1) is 17.6. The van der Waals surface area contributed by atoms with E-state index >= 15 is 0 Å². The van der Waals surface area contributed by atoms with Crippen molar-refractivity contribution in [3.63, 3.8) is 0 Å². The number of benzene rings is 1. The minimum atomic E-state index is -4.83. The highest BCUT2D eigenvalue weighted by Crippen LogP contribution is 2.29. The molecule has 0 aliphatic carbocycles. The van der Waals surface area contributed by atoms with Gasteiger partial charge >= 0.3 is 11.9 Å². The molecule has 0 aliphatic rings. The van der Waals surface area contributed by atoms with Crippen LogP contribution in [0.4, 0.5) is 13.2 Å². The van der Waals surface area contributed by atoms with Crippen molar-refractivity contribution >= 4 is 27.2 Å². The van der Waals surface area contributed by atoms with E-state index in [0.717, 1.165) is 18.6 Å². The number of nitriles is 1. The maximum Gasteiger partial charge on any atom is 0.431 e. The quantitative estimate of drug-likeness (QED) is 0.642. The van der Waals surface area contributed by atoms with Gasteiger partial charge in [-0.25, -0.2) is 9.36 Å². The van der Waals surface area contributed by atoms with Gasteiger partial charge in [0.15, 0.2) is 0 Å². The Balaban J connectivity index is 2.30.